The predicted molar refractivity (Wildman–Crippen MR) is 65.9 cm³/mol. The molecule has 1 aromatic heterocycles. The molecule has 1 saturated heterocycles. The summed E-state index contributed by atoms with van der Waals surface area (Å²) >= 11 is 11.3. The largest absolute Gasteiger partial charge is 0.295 e. The Morgan fingerprint density at radius 2 is 2.06 bits per heavy atom. The zero-order valence-electron chi connectivity index (χ0n) is 8.88. The van der Waals surface area contributed by atoms with Crippen molar-refractivity contribution in [2.75, 3.05) is 11.4 Å². The Labute approximate surface area is 113 Å². The topological polar surface area (TPSA) is 106 Å². The first-order chi connectivity index (χ1) is 8.27. The molecule has 7 nitrogen and oxygen atoms in total. The summed E-state index contributed by atoms with van der Waals surface area (Å²) in [5.74, 6) is -0.240. The fourth-order valence-electron chi connectivity index (χ4n) is 1.63. The van der Waals surface area contributed by atoms with Crippen molar-refractivity contribution in [3.05, 3.63) is 16.5 Å². The van der Waals surface area contributed by atoms with Crippen LogP contribution in [0.5, 0.6) is 0 Å². The van der Waals surface area contributed by atoms with E-state index in [2.05, 4.69) is 9.97 Å². The smallest absolute Gasteiger partial charge is 0.229 e. The fraction of sp³-hybridized carbons (Fsp3) is 0.375. The number of nitrogens with two attached hydrogens (primary N) is 1. The molecule has 10 heteroatoms. The van der Waals surface area contributed by atoms with Crippen LogP contribution in [0, 0.1) is 0 Å². The number of carbonyl (C=O) groups excluding carboxylic acids is 1. The standard InChI is InChI=1S/C8H8Cl2N4O3S/c9-5-2-6(13-8(10)12-5)14-3-4(1-7(14)15)18(11,16)17/h2,4H,1,3H2,(H2,11,16,17). The maximum atomic E-state index is 11.7. The van der Waals surface area contributed by atoms with Crippen LogP contribution in [0.1, 0.15) is 6.42 Å². The number of anilines is 1. The number of halogens is 2. The van der Waals surface area contributed by atoms with Crippen LogP contribution in [0.3, 0.4) is 0 Å². The second-order valence-electron chi connectivity index (χ2n) is 3.74. The normalized spacial score (nSPS) is 20.5. The van der Waals surface area contributed by atoms with Gasteiger partial charge < -0.3 is 0 Å². The van der Waals surface area contributed by atoms with Crippen molar-refractivity contribution in [1.82, 2.24) is 9.97 Å². The minimum atomic E-state index is -3.77. The first-order valence-corrected chi connectivity index (χ1v) is 7.16. The highest BCUT2D eigenvalue weighted by Crippen LogP contribution is 2.25. The molecule has 18 heavy (non-hydrogen) atoms. The lowest BCUT2D eigenvalue weighted by Crippen LogP contribution is -2.32. The van der Waals surface area contributed by atoms with Gasteiger partial charge in [0, 0.05) is 19.0 Å². The number of primary sulfonamides is 1. The maximum Gasteiger partial charge on any atom is 0.229 e. The van der Waals surface area contributed by atoms with Crippen LogP contribution in [0.4, 0.5) is 5.82 Å². The molecule has 1 aliphatic rings. The highest BCUT2D eigenvalue weighted by molar-refractivity contribution is 7.89. The molecule has 1 atom stereocenters. The maximum absolute atomic E-state index is 11.7. The number of carbonyl (C=O) groups is 1. The van der Waals surface area contributed by atoms with Crippen molar-refractivity contribution >= 4 is 45.0 Å². The predicted octanol–water partition coefficient (Wildman–Crippen LogP) is 0.177. The molecule has 98 valence electrons. The molecule has 2 heterocycles. The van der Waals surface area contributed by atoms with Gasteiger partial charge in [0.05, 0.1) is 0 Å². The van der Waals surface area contributed by atoms with Crippen LogP contribution in [-0.4, -0.2) is 36.1 Å². The molecular formula is C8H8Cl2N4O3S. The number of hydrogen-bond acceptors (Lipinski definition) is 5. The van der Waals surface area contributed by atoms with Crippen LogP contribution in [-0.2, 0) is 14.8 Å². The molecule has 0 aromatic carbocycles. The van der Waals surface area contributed by atoms with Crippen molar-refractivity contribution in [2.45, 2.75) is 11.7 Å². The summed E-state index contributed by atoms with van der Waals surface area (Å²) in [6.07, 6.45) is -0.182. The van der Waals surface area contributed by atoms with Crippen molar-refractivity contribution in [3.63, 3.8) is 0 Å². The summed E-state index contributed by atoms with van der Waals surface area (Å²) in [6.45, 7) is -0.0681. The Hall–Kier alpha value is -0.960. The number of sulfonamides is 1. The summed E-state index contributed by atoms with van der Waals surface area (Å²) in [5, 5.41) is 4.01. The Kier molecular flexibility index (Phi) is 3.45. The SMILES string of the molecule is NS(=O)(=O)C1CC(=O)N(c2cc(Cl)nc(Cl)n2)C1. The Bertz CT molecular complexity index is 586. The van der Waals surface area contributed by atoms with E-state index < -0.39 is 21.2 Å². The third-order valence-electron chi connectivity index (χ3n) is 2.48. The monoisotopic (exact) mass is 310 g/mol. The quantitative estimate of drug-likeness (QED) is 0.619. The molecule has 2 rings (SSSR count). The minimum absolute atomic E-state index is 0.0665. The van der Waals surface area contributed by atoms with Crippen molar-refractivity contribution in [1.29, 1.82) is 0 Å². The zero-order valence-corrected chi connectivity index (χ0v) is 11.2. The molecule has 1 amide bonds. The number of aromatic nitrogens is 2. The summed E-state index contributed by atoms with van der Waals surface area (Å²) in [4.78, 5) is 20.3. The van der Waals surface area contributed by atoms with E-state index in [0.717, 1.165) is 0 Å². The van der Waals surface area contributed by atoms with E-state index in [1.165, 1.54) is 11.0 Å². The van der Waals surface area contributed by atoms with E-state index in [0.29, 0.717) is 0 Å². The third kappa shape index (κ3) is 2.72. The van der Waals surface area contributed by atoms with Gasteiger partial charge in [0.1, 0.15) is 16.2 Å². The van der Waals surface area contributed by atoms with Gasteiger partial charge in [-0.1, -0.05) is 11.6 Å². The van der Waals surface area contributed by atoms with Crippen molar-refractivity contribution < 1.29 is 13.2 Å². The molecule has 2 N–H and O–H groups in total. The number of hydrogen-bond donors (Lipinski definition) is 1. The van der Waals surface area contributed by atoms with Crippen LogP contribution < -0.4 is 10.0 Å². The second kappa shape index (κ2) is 4.61. The Morgan fingerprint density at radius 1 is 1.39 bits per heavy atom. The third-order valence-corrected chi connectivity index (χ3v) is 4.09. The average molecular weight is 311 g/mol. The molecular weight excluding hydrogens is 303 g/mol. The molecule has 1 unspecified atom stereocenters. The van der Waals surface area contributed by atoms with Gasteiger partial charge in [0.2, 0.25) is 21.2 Å². The van der Waals surface area contributed by atoms with E-state index in [-0.39, 0.29) is 29.2 Å². The van der Waals surface area contributed by atoms with Gasteiger partial charge in [-0.05, 0) is 11.6 Å². The van der Waals surface area contributed by atoms with E-state index in [9.17, 15) is 13.2 Å². The van der Waals surface area contributed by atoms with E-state index in [1.54, 1.807) is 0 Å². The molecule has 1 aromatic rings. The number of rotatable bonds is 2. The number of amides is 1. The highest BCUT2D eigenvalue weighted by atomic mass is 35.5. The molecule has 1 aliphatic heterocycles. The lowest BCUT2D eigenvalue weighted by molar-refractivity contribution is -0.117. The lowest BCUT2D eigenvalue weighted by Gasteiger charge is -2.15. The molecule has 0 spiro atoms. The molecule has 1 fully saturated rings. The van der Waals surface area contributed by atoms with Gasteiger partial charge in [0.15, 0.2) is 0 Å². The first-order valence-electron chi connectivity index (χ1n) is 4.79. The van der Waals surface area contributed by atoms with Gasteiger partial charge in [-0.25, -0.2) is 23.5 Å². The van der Waals surface area contributed by atoms with Crippen LogP contribution >= 0.6 is 23.2 Å². The summed E-state index contributed by atoms with van der Waals surface area (Å²) in [6, 6.07) is 1.33. The molecule has 0 saturated carbocycles. The summed E-state index contributed by atoms with van der Waals surface area (Å²) in [7, 11) is -3.77. The van der Waals surface area contributed by atoms with Gasteiger partial charge in [-0.15, -0.1) is 0 Å². The second-order valence-corrected chi connectivity index (χ2v) is 6.31. The van der Waals surface area contributed by atoms with Gasteiger partial charge in [-0.2, -0.15) is 0 Å². The van der Waals surface area contributed by atoms with E-state index in [4.69, 9.17) is 28.3 Å². The fourth-order valence-corrected chi connectivity index (χ4v) is 2.76. The van der Waals surface area contributed by atoms with Crippen molar-refractivity contribution in [3.8, 4) is 0 Å². The van der Waals surface area contributed by atoms with Gasteiger partial charge in [-0.3, -0.25) is 9.69 Å². The summed E-state index contributed by atoms with van der Waals surface area (Å²) in [5.41, 5.74) is 0. The first kappa shape index (κ1) is 13.5. The average Bonchev–Trinajstić information content (AvgIpc) is 2.58. The van der Waals surface area contributed by atoms with Crippen LogP contribution in [0.15, 0.2) is 6.07 Å². The van der Waals surface area contributed by atoms with Crippen LogP contribution in [0.25, 0.3) is 0 Å². The zero-order chi connectivity index (χ0) is 13.5. The summed E-state index contributed by atoms with van der Waals surface area (Å²) < 4.78 is 22.4. The molecule has 0 aliphatic carbocycles. The molecule has 0 radical (unpaired) electrons. The van der Waals surface area contributed by atoms with Crippen LogP contribution in [0.2, 0.25) is 10.4 Å². The van der Waals surface area contributed by atoms with E-state index in [1.807, 2.05) is 0 Å². The Balaban J connectivity index is 2.32. The van der Waals surface area contributed by atoms with Gasteiger partial charge in [0.25, 0.3) is 0 Å². The van der Waals surface area contributed by atoms with E-state index >= 15 is 0 Å². The lowest BCUT2D eigenvalue weighted by atomic mass is 10.4. The number of nitrogens with zero attached hydrogens (tertiary/aromatic N) is 3. The van der Waals surface area contributed by atoms with Gasteiger partial charge >= 0.3 is 0 Å². The Morgan fingerprint density at radius 3 is 2.56 bits per heavy atom. The minimum Gasteiger partial charge on any atom is -0.295 e. The highest BCUT2D eigenvalue weighted by Gasteiger charge is 2.37. The van der Waals surface area contributed by atoms with Crippen molar-refractivity contribution in [2.24, 2.45) is 5.14 Å². The molecule has 0 bridgehead atoms.